The van der Waals surface area contributed by atoms with Crippen LogP contribution in [0.3, 0.4) is 0 Å². The molecule has 0 radical (unpaired) electrons. The lowest BCUT2D eigenvalue weighted by molar-refractivity contribution is -0.134. The van der Waals surface area contributed by atoms with Gasteiger partial charge in [-0.1, -0.05) is 0 Å². The van der Waals surface area contributed by atoms with Gasteiger partial charge in [0.15, 0.2) is 0 Å². The van der Waals surface area contributed by atoms with Crippen LogP contribution in [-0.2, 0) is 4.79 Å². The van der Waals surface area contributed by atoms with Crippen molar-refractivity contribution >= 4 is 5.91 Å². The summed E-state index contributed by atoms with van der Waals surface area (Å²) >= 11 is 0. The highest BCUT2D eigenvalue weighted by molar-refractivity contribution is 5.82. The predicted molar refractivity (Wildman–Crippen MR) is 39.7 cm³/mol. The lowest BCUT2D eigenvalue weighted by Gasteiger charge is -2.30. The summed E-state index contributed by atoms with van der Waals surface area (Å²) in [4.78, 5) is 13.1. The molecule has 58 valence electrons. The van der Waals surface area contributed by atoms with Crippen LogP contribution in [0.4, 0.5) is 0 Å². The van der Waals surface area contributed by atoms with Crippen molar-refractivity contribution in [3.05, 3.63) is 0 Å². The minimum atomic E-state index is 0.0219. The minimum absolute atomic E-state index is 0.0219. The Labute approximate surface area is 61.4 Å². The Kier molecular flexibility index (Phi) is 2.27. The average molecular weight is 142 g/mol. The first kappa shape index (κ1) is 7.54. The van der Waals surface area contributed by atoms with E-state index in [2.05, 4.69) is 5.32 Å². The van der Waals surface area contributed by atoms with Crippen molar-refractivity contribution in [2.45, 2.75) is 19.9 Å². The van der Waals surface area contributed by atoms with Gasteiger partial charge in [-0.15, -0.1) is 0 Å². The van der Waals surface area contributed by atoms with E-state index in [1.807, 2.05) is 18.7 Å². The van der Waals surface area contributed by atoms with E-state index in [-0.39, 0.29) is 11.9 Å². The van der Waals surface area contributed by atoms with Crippen molar-refractivity contribution < 1.29 is 4.79 Å². The van der Waals surface area contributed by atoms with Crippen molar-refractivity contribution in [2.75, 3.05) is 19.6 Å². The molecule has 1 N–H and O–H groups in total. The molecular formula is C7H14N2O. The Hall–Kier alpha value is -0.570. The third kappa shape index (κ3) is 1.29. The molecule has 1 amide bonds. The Morgan fingerprint density at radius 1 is 1.80 bits per heavy atom. The zero-order valence-electron chi connectivity index (χ0n) is 6.55. The highest BCUT2D eigenvalue weighted by Gasteiger charge is 2.22. The Bertz CT molecular complexity index is 136. The van der Waals surface area contributed by atoms with Crippen LogP contribution >= 0.6 is 0 Å². The highest BCUT2D eigenvalue weighted by Crippen LogP contribution is 1.98. The number of carbonyl (C=O) groups excluding carboxylic acids is 1. The van der Waals surface area contributed by atoms with Gasteiger partial charge in [0.1, 0.15) is 0 Å². The lowest BCUT2D eigenvalue weighted by atomic mass is 10.2. The standard InChI is InChI=1S/C7H14N2O/c1-3-9-5-4-8-6(2)7(9)10/h6,8H,3-5H2,1-2H3/t6-/m0/s1. The Balaban J connectivity index is 2.51. The molecule has 1 saturated heterocycles. The maximum absolute atomic E-state index is 11.2. The second kappa shape index (κ2) is 3.01. The zero-order valence-corrected chi connectivity index (χ0v) is 6.55. The van der Waals surface area contributed by atoms with Crippen LogP contribution in [0.2, 0.25) is 0 Å². The van der Waals surface area contributed by atoms with Gasteiger partial charge in [0, 0.05) is 19.6 Å². The van der Waals surface area contributed by atoms with Gasteiger partial charge in [-0.2, -0.15) is 0 Å². The van der Waals surface area contributed by atoms with E-state index < -0.39 is 0 Å². The van der Waals surface area contributed by atoms with Gasteiger partial charge in [0.25, 0.3) is 0 Å². The summed E-state index contributed by atoms with van der Waals surface area (Å²) in [5.74, 6) is 0.230. The molecule has 1 aliphatic rings. The van der Waals surface area contributed by atoms with Crippen molar-refractivity contribution in [3.63, 3.8) is 0 Å². The molecule has 0 aliphatic carbocycles. The third-order valence-corrected chi connectivity index (χ3v) is 1.90. The number of carbonyl (C=O) groups is 1. The van der Waals surface area contributed by atoms with Crippen molar-refractivity contribution in [3.8, 4) is 0 Å². The molecule has 0 aromatic rings. The molecule has 0 spiro atoms. The van der Waals surface area contributed by atoms with Crippen molar-refractivity contribution in [1.29, 1.82) is 0 Å². The summed E-state index contributed by atoms with van der Waals surface area (Å²) in [5, 5.41) is 3.10. The normalized spacial score (nSPS) is 27.2. The predicted octanol–water partition coefficient (Wildman–Crippen LogP) is -0.173. The fourth-order valence-electron chi connectivity index (χ4n) is 1.20. The topological polar surface area (TPSA) is 32.3 Å². The summed E-state index contributed by atoms with van der Waals surface area (Å²) in [6.07, 6.45) is 0. The largest absolute Gasteiger partial charge is 0.340 e. The number of hydrogen-bond donors (Lipinski definition) is 1. The summed E-state index contributed by atoms with van der Waals surface area (Å²) in [7, 11) is 0. The molecule has 3 heteroatoms. The molecule has 0 bridgehead atoms. The molecule has 0 aromatic heterocycles. The number of likely N-dealkylation sites (N-methyl/N-ethyl adjacent to an activating group) is 1. The van der Waals surface area contributed by atoms with Crippen molar-refractivity contribution in [2.24, 2.45) is 0 Å². The van der Waals surface area contributed by atoms with Crippen LogP contribution in [0.25, 0.3) is 0 Å². The maximum atomic E-state index is 11.2. The first-order chi connectivity index (χ1) is 4.75. The fourth-order valence-corrected chi connectivity index (χ4v) is 1.20. The molecule has 3 nitrogen and oxygen atoms in total. The molecule has 10 heavy (non-hydrogen) atoms. The summed E-state index contributed by atoms with van der Waals surface area (Å²) in [5.41, 5.74) is 0. The van der Waals surface area contributed by atoms with Crippen LogP contribution < -0.4 is 5.32 Å². The molecule has 1 fully saturated rings. The smallest absolute Gasteiger partial charge is 0.239 e. The molecule has 0 unspecified atom stereocenters. The molecule has 0 aromatic carbocycles. The molecule has 1 aliphatic heterocycles. The zero-order chi connectivity index (χ0) is 7.56. The van der Waals surface area contributed by atoms with E-state index in [1.54, 1.807) is 0 Å². The van der Waals surface area contributed by atoms with E-state index in [0.29, 0.717) is 0 Å². The van der Waals surface area contributed by atoms with Gasteiger partial charge in [-0.3, -0.25) is 4.79 Å². The van der Waals surface area contributed by atoms with E-state index in [4.69, 9.17) is 0 Å². The van der Waals surface area contributed by atoms with Crippen LogP contribution in [0.1, 0.15) is 13.8 Å². The number of nitrogens with zero attached hydrogens (tertiary/aromatic N) is 1. The summed E-state index contributed by atoms with van der Waals surface area (Å²) in [6.45, 7) is 6.55. The van der Waals surface area contributed by atoms with Crippen LogP contribution in [0, 0.1) is 0 Å². The first-order valence-corrected chi connectivity index (χ1v) is 3.78. The maximum Gasteiger partial charge on any atom is 0.239 e. The van der Waals surface area contributed by atoms with Gasteiger partial charge in [0.05, 0.1) is 6.04 Å². The second-order valence-corrected chi connectivity index (χ2v) is 2.59. The van der Waals surface area contributed by atoms with Gasteiger partial charge in [0.2, 0.25) is 5.91 Å². The van der Waals surface area contributed by atoms with Gasteiger partial charge < -0.3 is 10.2 Å². The molecule has 1 rings (SSSR count). The lowest BCUT2D eigenvalue weighted by Crippen LogP contribution is -2.53. The molecule has 1 atom stereocenters. The quantitative estimate of drug-likeness (QED) is 0.551. The highest BCUT2D eigenvalue weighted by atomic mass is 16.2. The number of hydrogen-bond acceptors (Lipinski definition) is 2. The van der Waals surface area contributed by atoms with E-state index in [9.17, 15) is 4.79 Å². The second-order valence-electron chi connectivity index (χ2n) is 2.59. The fraction of sp³-hybridized carbons (Fsp3) is 0.857. The van der Waals surface area contributed by atoms with Gasteiger partial charge in [-0.25, -0.2) is 0 Å². The third-order valence-electron chi connectivity index (χ3n) is 1.90. The monoisotopic (exact) mass is 142 g/mol. The van der Waals surface area contributed by atoms with Crippen LogP contribution in [0.5, 0.6) is 0 Å². The molecular weight excluding hydrogens is 128 g/mol. The van der Waals surface area contributed by atoms with Crippen LogP contribution in [-0.4, -0.2) is 36.5 Å². The van der Waals surface area contributed by atoms with Crippen molar-refractivity contribution in [1.82, 2.24) is 10.2 Å². The van der Waals surface area contributed by atoms with Crippen LogP contribution in [0.15, 0.2) is 0 Å². The Morgan fingerprint density at radius 3 is 3.00 bits per heavy atom. The number of rotatable bonds is 1. The van der Waals surface area contributed by atoms with E-state index in [1.165, 1.54) is 0 Å². The van der Waals surface area contributed by atoms with E-state index >= 15 is 0 Å². The first-order valence-electron chi connectivity index (χ1n) is 3.78. The molecule has 0 saturated carbocycles. The summed E-state index contributed by atoms with van der Waals surface area (Å²) < 4.78 is 0. The summed E-state index contributed by atoms with van der Waals surface area (Å²) in [6, 6.07) is 0.0219. The molecule has 1 heterocycles. The van der Waals surface area contributed by atoms with Gasteiger partial charge in [-0.05, 0) is 13.8 Å². The number of amides is 1. The number of piperazine rings is 1. The SMILES string of the molecule is CCN1CCN[C@@H](C)C1=O. The number of nitrogens with one attached hydrogen (secondary N) is 1. The van der Waals surface area contributed by atoms with Gasteiger partial charge >= 0.3 is 0 Å². The average Bonchev–Trinajstić information content (AvgIpc) is 1.95. The Morgan fingerprint density at radius 2 is 2.50 bits per heavy atom. The minimum Gasteiger partial charge on any atom is -0.340 e. The van der Waals surface area contributed by atoms with E-state index in [0.717, 1.165) is 19.6 Å².